The van der Waals surface area contributed by atoms with Gasteiger partial charge < -0.3 is 10.4 Å². The second-order valence-corrected chi connectivity index (χ2v) is 8.54. The van der Waals surface area contributed by atoms with Gasteiger partial charge in [0.2, 0.25) is 0 Å². The molecule has 0 radical (unpaired) electrons. The lowest BCUT2D eigenvalue weighted by atomic mass is 10.0. The quantitative estimate of drug-likeness (QED) is 0.166. The molecule has 31 heavy (non-hydrogen) atoms. The molecule has 4 aromatic rings. The highest BCUT2D eigenvalue weighted by Crippen LogP contribution is 2.37. The maximum atomic E-state index is 12.8. The van der Waals surface area contributed by atoms with Crippen molar-refractivity contribution < 1.29 is 29.6 Å². The first-order chi connectivity index (χ1) is 14.8. The molecule has 0 fully saturated rings. The molecule has 2 aromatic heterocycles. The van der Waals surface area contributed by atoms with Gasteiger partial charge in [-0.25, -0.2) is 4.79 Å². The number of thiophene rings is 1. The normalized spacial score (nSPS) is 10.9. The third-order valence-corrected chi connectivity index (χ3v) is 6.69. The van der Waals surface area contributed by atoms with Crippen LogP contribution in [-0.4, -0.2) is 27.1 Å². The summed E-state index contributed by atoms with van der Waals surface area (Å²) in [4.78, 5) is 35.3. The fourth-order valence-corrected chi connectivity index (χ4v) is 5.09. The van der Waals surface area contributed by atoms with Crippen molar-refractivity contribution in [1.29, 1.82) is 0 Å². The zero-order valence-corrected chi connectivity index (χ0v) is 17.6. The molecule has 2 heterocycles. The zero-order valence-electron chi connectivity index (χ0n) is 15.2. The van der Waals surface area contributed by atoms with Crippen LogP contribution in [0.3, 0.4) is 0 Å². The van der Waals surface area contributed by atoms with Gasteiger partial charge in [0.15, 0.2) is 4.70 Å². The second kappa shape index (κ2) is 7.95. The predicted molar refractivity (Wildman–Crippen MR) is 116 cm³/mol. The lowest BCUT2D eigenvalue weighted by Crippen LogP contribution is -2.37. The molecule has 0 saturated heterocycles. The Morgan fingerprint density at radius 2 is 1.87 bits per heavy atom. The Morgan fingerprint density at radius 3 is 2.52 bits per heavy atom. The van der Waals surface area contributed by atoms with Crippen LogP contribution in [0.25, 0.3) is 21.3 Å². The van der Waals surface area contributed by atoms with Crippen LogP contribution in [0.15, 0.2) is 47.8 Å². The number of anilines is 1. The number of rotatable bonds is 5. The molecule has 156 valence electrons. The molecule has 1 amide bonds. The summed E-state index contributed by atoms with van der Waals surface area (Å²) in [7, 11) is 0. The lowest BCUT2D eigenvalue weighted by Gasteiger charge is -2.04. The van der Waals surface area contributed by atoms with Crippen LogP contribution >= 0.6 is 34.3 Å². The average Bonchev–Trinajstić information content (AvgIpc) is 3.30. The topological polar surface area (TPSA) is 134 Å². The third-order valence-electron chi connectivity index (χ3n) is 4.37. The molecular formula is C19H11ClN3O6S2+. The first kappa shape index (κ1) is 20.7. The number of aromatic carboxylic acids is 1. The van der Waals surface area contributed by atoms with Crippen LogP contribution in [0.1, 0.15) is 20.2 Å². The molecule has 0 atom stereocenters. The largest absolute Gasteiger partial charge is 0.478 e. The highest BCUT2D eigenvalue weighted by molar-refractivity contribution is 7.20. The number of nitrogens with one attached hydrogen (secondary N) is 1. The SMILES string of the molecule is O=C(O)c1c(-c2ccc(Cl)cc2)csc1NC(=O)c1sc2c([N+](=O)[O-])cccc2[n+]1O. The zero-order chi connectivity index (χ0) is 22.3. The van der Waals surface area contributed by atoms with E-state index in [0.29, 0.717) is 20.9 Å². The van der Waals surface area contributed by atoms with Gasteiger partial charge in [-0.3, -0.25) is 20.1 Å². The van der Waals surface area contributed by atoms with Gasteiger partial charge in [-0.2, -0.15) is 0 Å². The maximum absolute atomic E-state index is 12.8. The van der Waals surface area contributed by atoms with Gasteiger partial charge in [0, 0.05) is 32.8 Å². The highest BCUT2D eigenvalue weighted by atomic mass is 35.5. The molecule has 0 bridgehead atoms. The van der Waals surface area contributed by atoms with E-state index in [1.165, 1.54) is 18.2 Å². The number of carboxylic acids is 1. The number of hydrogen-bond donors (Lipinski definition) is 3. The Kier molecular flexibility index (Phi) is 5.31. The number of thiazole rings is 1. The van der Waals surface area contributed by atoms with Crippen LogP contribution in [0.5, 0.6) is 0 Å². The second-order valence-electron chi connectivity index (χ2n) is 6.22. The first-order valence-corrected chi connectivity index (χ1v) is 10.6. The molecule has 0 aliphatic carbocycles. The van der Waals surface area contributed by atoms with E-state index in [-0.39, 0.29) is 31.5 Å². The summed E-state index contributed by atoms with van der Waals surface area (Å²) < 4.78 is 0.669. The van der Waals surface area contributed by atoms with E-state index in [1.54, 1.807) is 29.6 Å². The minimum atomic E-state index is -1.25. The number of halogens is 1. The van der Waals surface area contributed by atoms with Crippen LogP contribution < -0.4 is 10.0 Å². The van der Waals surface area contributed by atoms with E-state index in [0.717, 1.165) is 22.7 Å². The van der Waals surface area contributed by atoms with Gasteiger partial charge in [-0.05, 0) is 35.1 Å². The van der Waals surface area contributed by atoms with E-state index < -0.39 is 16.8 Å². The van der Waals surface area contributed by atoms with E-state index in [4.69, 9.17) is 11.6 Å². The minimum Gasteiger partial charge on any atom is -0.478 e. The number of hydrogen-bond acceptors (Lipinski definition) is 7. The lowest BCUT2D eigenvalue weighted by molar-refractivity contribution is -0.882. The molecule has 12 heteroatoms. The van der Waals surface area contributed by atoms with Gasteiger partial charge in [-0.15, -0.1) is 11.3 Å². The number of aromatic nitrogens is 1. The van der Waals surface area contributed by atoms with Crippen molar-refractivity contribution in [3.05, 3.63) is 73.6 Å². The van der Waals surface area contributed by atoms with Gasteiger partial charge in [0.05, 0.1) is 4.92 Å². The number of carboxylic acid groups (broad SMARTS) is 1. The monoisotopic (exact) mass is 476 g/mol. The van der Waals surface area contributed by atoms with Crippen molar-refractivity contribution >= 4 is 67.1 Å². The number of nitro benzene ring substituents is 1. The molecule has 0 spiro atoms. The first-order valence-electron chi connectivity index (χ1n) is 8.51. The number of carbonyl (C=O) groups excluding carboxylic acids is 1. The predicted octanol–water partition coefficient (Wildman–Crippen LogP) is 4.67. The summed E-state index contributed by atoms with van der Waals surface area (Å²) >= 11 is 7.62. The fourth-order valence-electron chi connectivity index (χ4n) is 2.98. The highest BCUT2D eigenvalue weighted by Gasteiger charge is 2.33. The van der Waals surface area contributed by atoms with Crippen molar-refractivity contribution in [2.75, 3.05) is 5.32 Å². The third kappa shape index (κ3) is 3.69. The number of carbonyl (C=O) groups is 2. The molecular weight excluding hydrogens is 466 g/mol. The number of benzene rings is 2. The average molecular weight is 477 g/mol. The molecule has 0 aliphatic rings. The van der Waals surface area contributed by atoms with Crippen LogP contribution in [0.4, 0.5) is 10.7 Å². The summed E-state index contributed by atoms with van der Waals surface area (Å²) in [5.74, 6) is -2.05. The smallest absolute Gasteiger partial charge is 0.378 e. The van der Waals surface area contributed by atoms with Crippen molar-refractivity contribution in [2.45, 2.75) is 0 Å². The number of fused-ring (bicyclic) bond motifs is 1. The minimum absolute atomic E-state index is 0.0643. The Labute approximate surface area is 186 Å². The van der Waals surface area contributed by atoms with E-state index in [2.05, 4.69) is 5.32 Å². The van der Waals surface area contributed by atoms with Crippen molar-refractivity contribution in [3.8, 4) is 11.1 Å². The summed E-state index contributed by atoms with van der Waals surface area (Å²) in [6, 6.07) is 10.7. The van der Waals surface area contributed by atoms with Crippen molar-refractivity contribution in [3.63, 3.8) is 0 Å². The Bertz CT molecular complexity index is 1360. The molecule has 0 aliphatic heterocycles. The van der Waals surface area contributed by atoms with E-state index in [1.807, 2.05) is 0 Å². The summed E-state index contributed by atoms with van der Waals surface area (Å²) in [6.45, 7) is 0. The van der Waals surface area contributed by atoms with Gasteiger partial charge >= 0.3 is 16.9 Å². The molecule has 0 saturated carbocycles. The molecule has 3 N–H and O–H groups in total. The molecule has 2 aromatic carbocycles. The Hall–Kier alpha value is -3.54. The van der Waals surface area contributed by atoms with Gasteiger partial charge in [-0.1, -0.05) is 23.7 Å². The molecule has 4 rings (SSSR count). The fraction of sp³-hybridized carbons (Fsp3) is 0. The van der Waals surface area contributed by atoms with Crippen LogP contribution in [0, 0.1) is 10.1 Å². The van der Waals surface area contributed by atoms with Crippen molar-refractivity contribution in [2.24, 2.45) is 0 Å². The summed E-state index contributed by atoms with van der Waals surface area (Å²) in [6.07, 6.45) is 0. The standard InChI is InChI=1S/C19H10ClN3O6S2/c20-10-6-4-9(5-7-10)11-8-30-17(14(11)19(25)26)21-16(24)18-22(27)12-2-1-3-13(23(28)29)15(12)31-18/h1-8H,(H2-,21,24,25,26,27)/p+1. The summed E-state index contributed by atoms with van der Waals surface area (Å²) in [5.41, 5.74) is 0.728. The number of nitrogens with zero attached hydrogens (tertiary/aromatic N) is 2. The van der Waals surface area contributed by atoms with Gasteiger partial charge in [0.1, 0.15) is 10.6 Å². The van der Waals surface area contributed by atoms with Crippen molar-refractivity contribution in [1.82, 2.24) is 0 Å². The Balaban J connectivity index is 1.73. The van der Waals surface area contributed by atoms with Crippen LogP contribution in [-0.2, 0) is 0 Å². The van der Waals surface area contributed by atoms with E-state index in [9.17, 15) is 30.0 Å². The number of non-ortho nitro benzene ring substituents is 1. The Morgan fingerprint density at radius 1 is 1.16 bits per heavy atom. The molecule has 9 nitrogen and oxygen atoms in total. The number of amides is 1. The van der Waals surface area contributed by atoms with E-state index >= 15 is 0 Å². The number of nitro groups is 1. The summed E-state index contributed by atoms with van der Waals surface area (Å²) in [5, 5.41) is 35.7. The maximum Gasteiger partial charge on any atom is 0.378 e. The molecule has 0 unspecified atom stereocenters. The van der Waals surface area contributed by atoms with Crippen LogP contribution in [0.2, 0.25) is 5.02 Å². The van der Waals surface area contributed by atoms with Gasteiger partial charge in [0.25, 0.3) is 11.2 Å².